The summed E-state index contributed by atoms with van der Waals surface area (Å²) in [6, 6.07) is 6.89. The van der Waals surface area contributed by atoms with Crippen molar-refractivity contribution in [3.63, 3.8) is 0 Å². The highest BCUT2D eigenvalue weighted by molar-refractivity contribution is 7.90. The van der Waals surface area contributed by atoms with E-state index in [1.165, 1.54) is 12.1 Å². The molecule has 4 rings (SSSR count). The predicted octanol–water partition coefficient (Wildman–Crippen LogP) is 4.71. The van der Waals surface area contributed by atoms with Crippen molar-refractivity contribution in [3.05, 3.63) is 58.9 Å². The molecule has 1 fully saturated rings. The predicted molar refractivity (Wildman–Crippen MR) is 126 cm³/mol. The first-order valence-electron chi connectivity index (χ1n) is 11.3. The van der Waals surface area contributed by atoms with Gasteiger partial charge in [0.2, 0.25) is 0 Å². The third-order valence-corrected chi connectivity index (χ3v) is 8.12. The fourth-order valence-corrected chi connectivity index (χ4v) is 5.95. The van der Waals surface area contributed by atoms with Gasteiger partial charge in [0.25, 0.3) is 0 Å². The average Bonchev–Trinajstić information content (AvgIpc) is 3.58. The molecule has 1 N–H and O–H groups in total. The van der Waals surface area contributed by atoms with E-state index in [4.69, 9.17) is 9.47 Å². The number of ether oxygens (including phenoxy) is 2. The van der Waals surface area contributed by atoms with Crippen LogP contribution in [-0.4, -0.2) is 50.8 Å². The molecule has 1 aliphatic carbocycles. The number of rotatable bonds is 9. The van der Waals surface area contributed by atoms with Gasteiger partial charge in [-0.15, -0.1) is 0 Å². The maximum Gasteiger partial charge on any atom is 0.511 e. The number of likely N-dealkylation sites (N-methyl/N-ethyl adjacent to an activating group) is 1. The minimum atomic E-state index is -3.97. The lowest BCUT2D eigenvalue weighted by molar-refractivity contribution is 0.141. The summed E-state index contributed by atoms with van der Waals surface area (Å²) in [5, 5.41) is 9.26. The molecule has 0 radical (unpaired) electrons. The number of benzene rings is 2. The summed E-state index contributed by atoms with van der Waals surface area (Å²) in [5.74, 6) is -0.151. The van der Waals surface area contributed by atoms with E-state index in [9.17, 15) is 22.7 Å². The molecule has 2 atom stereocenters. The van der Waals surface area contributed by atoms with Gasteiger partial charge in [0, 0.05) is 23.6 Å². The highest BCUT2D eigenvalue weighted by atomic mass is 32.2. The highest BCUT2D eigenvalue weighted by Crippen LogP contribution is 2.56. The van der Waals surface area contributed by atoms with Crippen LogP contribution >= 0.6 is 0 Å². The lowest BCUT2D eigenvalue weighted by Crippen LogP contribution is -2.22. The molecule has 2 aromatic carbocycles. The van der Waals surface area contributed by atoms with Crippen molar-refractivity contribution in [3.8, 4) is 11.5 Å². The van der Waals surface area contributed by atoms with Crippen molar-refractivity contribution in [1.82, 2.24) is 4.90 Å². The Kier molecular flexibility index (Phi) is 6.95. The molecule has 0 aromatic heterocycles. The zero-order valence-corrected chi connectivity index (χ0v) is 20.0. The van der Waals surface area contributed by atoms with Gasteiger partial charge >= 0.3 is 6.16 Å². The molecular formula is C25H28FNO6S. The first-order valence-corrected chi connectivity index (χ1v) is 13.0. The molecule has 0 saturated heterocycles. The number of hydrogen-bond acceptors (Lipinski definition) is 6. The molecule has 0 unspecified atom stereocenters. The second kappa shape index (κ2) is 9.76. The number of sulfone groups is 1. The fourth-order valence-electron chi connectivity index (χ4n) is 4.40. The minimum absolute atomic E-state index is 0.0353. The van der Waals surface area contributed by atoms with Crippen LogP contribution in [-0.2, 0) is 15.6 Å². The lowest BCUT2D eigenvalue weighted by atomic mass is 10.0. The summed E-state index contributed by atoms with van der Waals surface area (Å²) in [6.45, 7) is 6.77. The Labute approximate surface area is 198 Å². The standard InChI is InChI=1S/C25H28FNO6S/c1-3-27(4-2)11-5-6-16-12-19(26)8-10-22(16)34(30,31)15-17-7-9-20-21-13-18(21)14-32-24(20)23(17)33-25(28)29/h5-10,12,18,21H,3-4,11,13-15H2,1-2H3,(H,28,29)/b6-5-/t18-,21-/m0/s1. The van der Waals surface area contributed by atoms with Crippen LogP contribution in [0, 0.1) is 11.7 Å². The quantitative estimate of drug-likeness (QED) is 0.310. The van der Waals surface area contributed by atoms with Crippen molar-refractivity contribution in [2.24, 2.45) is 5.92 Å². The third-order valence-electron chi connectivity index (χ3n) is 6.39. The van der Waals surface area contributed by atoms with E-state index >= 15 is 0 Å². The molecule has 1 heterocycles. The van der Waals surface area contributed by atoms with Gasteiger partial charge in [-0.3, -0.25) is 0 Å². The topological polar surface area (TPSA) is 93.1 Å². The van der Waals surface area contributed by atoms with Gasteiger partial charge in [-0.05, 0) is 49.2 Å². The van der Waals surface area contributed by atoms with E-state index in [0.717, 1.165) is 31.1 Å². The first-order chi connectivity index (χ1) is 16.2. The summed E-state index contributed by atoms with van der Waals surface area (Å²) >= 11 is 0. The number of fused-ring (bicyclic) bond motifs is 3. The number of halogens is 1. The Hall–Kier alpha value is -2.91. The largest absolute Gasteiger partial charge is 0.511 e. The monoisotopic (exact) mass is 489 g/mol. The zero-order valence-electron chi connectivity index (χ0n) is 19.2. The summed E-state index contributed by atoms with van der Waals surface area (Å²) < 4.78 is 51.6. The molecule has 2 aliphatic rings. The molecule has 1 aliphatic heterocycles. The van der Waals surface area contributed by atoms with Crippen LogP contribution in [0.3, 0.4) is 0 Å². The Bertz CT molecular complexity index is 1220. The molecule has 0 bridgehead atoms. The smallest absolute Gasteiger partial charge is 0.489 e. The molecule has 182 valence electrons. The van der Waals surface area contributed by atoms with E-state index in [0.29, 0.717) is 24.8 Å². The van der Waals surface area contributed by atoms with Gasteiger partial charge in [-0.25, -0.2) is 17.6 Å². The number of nitrogens with zero attached hydrogens (tertiary/aromatic N) is 1. The van der Waals surface area contributed by atoms with E-state index in [1.807, 2.05) is 13.8 Å². The second-order valence-electron chi connectivity index (χ2n) is 8.58. The van der Waals surface area contributed by atoms with Crippen LogP contribution in [0.5, 0.6) is 11.5 Å². The average molecular weight is 490 g/mol. The van der Waals surface area contributed by atoms with Gasteiger partial charge in [-0.1, -0.05) is 38.1 Å². The molecule has 1 saturated carbocycles. The molecule has 34 heavy (non-hydrogen) atoms. The number of carbonyl (C=O) groups is 1. The Balaban J connectivity index is 1.67. The maximum absolute atomic E-state index is 14.0. The highest BCUT2D eigenvalue weighted by Gasteiger charge is 2.45. The van der Waals surface area contributed by atoms with Gasteiger partial charge in [-0.2, -0.15) is 0 Å². The van der Waals surface area contributed by atoms with Crippen molar-refractivity contribution >= 4 is 22.1 Å². The molecule has 0 amide bonds. The first kappa shape index (κ1) is 24.2. The lowest BCUT2D eigenvalue weighted by Gasteiger charge is -2.21. The summed E-state index contributed by atoms with van der Waals surface area (Å²) in [4.78, 5) is 13.5. The summed E-state index contributed by atoms with van der Waals surface area (Å²) in [7, 11) is -3.97. The molecule has 9 heteroatoms. The van der Waals surface area contributed by atoms with Crippen molar-refractivity contribution in [1.29, 1.82) is 0 Å². The second-order valence-corrected chi connectivity index (χ2v) is 10.5. The van der Waals surface area contributed by atoms with Gasteiger partial charge in [0.05, 0.1) is 17.3 Å². The van der Waals surface area contributed by atoms with Crippen LogP contribution in [0.15, 0.2) is 41.3 Å². The van der Waals surface area contributed by atoms with E-state index in [1.54, 1.807) is 24.3 Å². The van der Waals surface area contributed by atoms with Crippen LogP contribution in [0.25, 0.3) is 6.08 Å². The maximum atomic E-state index is 14.0. The fraction of sp³-hybridized carbons (Fsp3) is 0.400. The molecule has 2 aromatic rings. The zero-order chi connectivity index (χ0) is 24.5. The van der Waals surface area contributed by atoms with Crippen LogP contribution < -0.4 is 9.47 Å². The Morgan fingerprint density at radius 1 is 1.26 bits per heavy atom. The van der Waals surface area contributed by atoms with E-state index in [-0.39, 0.29) is 27.7 Å². The van der Waals surface area contributed by atoms with Crippen molar-refractivity contribution in [2.45, 2.75) is 36.8 Å². The van der Waals surface area contributed by atoms with Crippen molar-refractivity contribution in [2.75, 3.05) is 26.2 Å². The Morgan fingerprint density at radius 2 is 2.03 bits per heavy atom. The van der Waals surface area contributed by atoms with E-state index < -0.39 is 27.6 Å². The minimum Gasteiger partial charge on any atom is -0.489 e. The SMILES string of the molecule is CCN(CC)C/C=C\c1cc(F)ccc1S(=O)(=O)Cc1ccc2c(c1OC(=O)O)OC[C@@H]1C[C@H]21. The van der Waals surface area contributed by atoms with Gasteiger partial charge < -0.3 is 19.5 Å². The normalized spacial score (nSPS) is 18.9. The number of carboxylic acid groups (broad SMARTS) is 1. The van der Waals surface area contributed by atoms with Gasteiger partial charge in [0.1, 0.15) is 5.82 Å². The summed E-state index contributed by atoms with van der Waals surface area (Å²) in [5.41, 5.74) is 1.26. The van der Waals surface area contributed by atoms with Gasteiger partial charge in [0.15, 0.2) is 21.3 Å². The summed E-state index contributed by atoms with van der Waals surface area (Å²) in [6.07, 6.45) is 2.82. The molecular weight excluding hydrogens is 461 g/mol. The third kappa shape index (κ3) is 5.10. The van der Waals surface area contributed by atoms with Crippen LogP contribution in [0.1, 0.15) is 42.9 Å². The molecule has 0 spiro atoms. The van der Waals surface area contributed by atoms with E-state index in [2.05, 4.69) is 4.90 Å². The molecule has 7 nitrogen and oxygen atoms in total. The van der Waals surface area contributed by atoms with Crippen LogP contribution in [0.4, 0.5) is 9.18 Å². The van der Waals surface area contributed by atoms with Crippen molar-refractivity contribution < 1.29 is 32.2 Å². The number of hydrogen-bond donors (Lipinski definition) is 1. The Morgan fingerprint density at radius 3 is 2.74 bits per heavy atom. The van der Waals surface area contributed by atoms with Crippen LogP contribution in [0.2, 0.25) is 0 Å².